The first-order valence-electron chi connectivity index (χ1n) is 9.30. The van der Waals surface area contributed by atoms with E-state index in [1.807, 2.05) is 6.92 Å². The van der Waals surface area contributed by atoms with E-state index in [1.165, 1.54) is 23.5 Å². The second-order valence-electron chi connectivity index (χ2n) is 6.69. The monoisotopic (exact) mass is 389 g/mol. The Balaban J connectivity index is 1.68. The highest BCUT2D eigenvalue weighted by Gasteiger charge is 2.26. The minimum Gasteiger partial charge on any atom is -0.337 e. The maximum atomic E-state index is 13.9. The maximum absolute atomic E-state index is 13.9. The van der Waals surface area contributed by atoms with Crippen molar-refractivity contribution in [3.63, 3.8) is 0 Å². The molecule has 5 nitrogen and oxygen atoms in total. The first kappa shape index (κ1) is 19.5. The van der Waals surface area contributed by atoms with Crippen molar-refractivity contribution in [2.75, 3.05) is 26.2 Å². The zero-order valence-corrected chi connectivity index (χ0v) is 16.5. The summed E-state index contributed by atoms with van der Waals surface area (Å²) >= 11 is 1.47. The number of aryl methyl sites for hydroxylation is 2. The maximum Gasteiger partial charge on any atom is 0.265 e. The number of halogens is 1. The van der Waals surface area contributed by atoms with Gasteiger partial charge in [-0.2, -0.15) is 0 Å². The molecule has 27 heavy (non-hydrogen) atoms. The van der Waals surface area contributed by atoms with Gasteiger partial charge < -0.3 is 9.80 Å². The molecule has 3 rings (SSSR count). The summed E-state index contributed by atoms with van der Waals surface area (Å²) in [6.07, 6.45) is 2.55. The number of hydrogen-bond donors (Lipinski definition) is 0. The Bertz CT molecular complexity index is 836. The average molecular weight is 389 g/mol. The second kappa shape index (κ2) is 8.61. The molecule has 2 heterocycles. The van der Waals surface area contributed by atoms with Gasteiger partial charge in [-0.25, -0.2) is 9.37 Å². The normalized spacial score (nSPS) is 14.9. The molecule has 1 fully saturated rings. The molecule has 0 unspecified atom stereocenters. The van der Waals surface area contributed by atoms with Crippen molar-refractivity contribution in [2.45, 2.75) is 33.1 Å². The van der Waals surface area contributed by atoms with E-state index in [0.717, 1.165) is 23.5 Å². The predicted molar refractivity (Wildman–Crippen MR) is 104 cm³/mol. The molecule has 0 N–H and O–H groups in total. The summed E-state index contributed by atoms with van der Waals surface area (Å²) < 4.78 is 13.9. The van der Waals surface area contributed by atoms with Crippen LogP contribution >= 0.6 is 11.3 Å². The Labute approximate surface area is 162 Å². The summed E-state index contributed by atoms with van der Waals surface area (Å²) in [6.45, 7) is 5.90. The zero-order valence-electron chi connectivity index (χ0n) is 15.7. The van der Waals surface area contributed by atoms with Gasteiger partial charge in [-0.1, -0.05) is 19.1 Å². The van der Waals surface area contributed by atoms with Gasteiger partial charge in [0.25, 0.3) is 11.8 Å². The van der Waals surface area contributed by atoms with Crippen LogP contribution in [0.5, 0.6) is 0 Å². The van der Waals surface area contributed by atoms with Crippen LogP contribution in [0.4, 0.5) is 4.39 Å². The van der Waals surface area contributed by atoms with Gasteiger partial charge in [0.1, 0.15) is 10.7 Å². The molecule has 2 amide bonds. The van der Waals surface area contributed by atoms with Crippen molar-refractivity contribution < 1.29 is 14.0 Å². The van der Waals surface area contributed by atoms with E-state index >= 15 is 0 Å². The Morgan fingerprint density at radius 3 is 2.44 bits per heavy atom. The standard InChI is InChI=1S/C20H24FN3O2S/c1-3-7-17-22-14(2)18(27-17)20(26)24-11-6-10-23(12-13-24)19(25)15-8-4-5-9-16(15)21/h4-5,8-9H,3,6-7,10-13H2,1-2H3. The number of carbonyl (C=O) groups excluding carboxylic acids is 2. The highest BCUT2D eigenvalue weighted by atomic mass is 32.1. The molecule has 0 saturated carbocycles. The minimum absolute atomic E-state index is 0.0208. The van der Waals surface area contributed by atoms with Crippen molar-refractivity contribution in [3.8, 4) is 0 Å². The van der Waals surface area contributed by atoms with Crippen LogP contribution in [0, 0.1) is 12.7 Å². The van der Waals surface area contributed by atoms with Crippen molar-refractivity contribution >= 4 is 23.2 Å². The predicted octanol–water partition coefficient (Wildman–Crippen LogP) is 3.53. The molecule has 144 valence electrons. The smallest absolute Gasteiger partial charge is 0.265 e. The first-order chi connectivity index (χ1) is 13.0. The third-order valence-electron chi connectivity index (χ3n) is 4.67. The van der Waals surface area contributed by atoms with Gasteiger partial charge in [0, 0.05) is 26.2 Å². The van der Waals surface area contributed by atoms with Crippen LogP contribution in [0.2, 0.25) is 0 Å². The van der Waals surface area contributed by atoms with Crippen LogP contribution in [0.1, 0.15) is 50.5 Å². The van der Waals surface area contributed by atoms with Crippen LogP contribution in [0.15, 0.2) is 24.3 Å². The van der Waals surface area contributed by atoms with Crippen molar-refractivity contribution in [2.24, 2.45) is 0 Å². The lowest BCUT2D eigenvalue weighted by molar-refractivity contribution is 0.0718. The highest BCUT2D eigenvalue weighted by Crippen LogP contribution is 2.22. The largest absolute Gasteiger partial charge is 0.337 e. The lowest BCUT2D eigenvalue weighted by Crippen LogP contribution is -2.37. The number of nitrogens with zero attached hydrogens (tertiary/aromatic N) is 3. The van der Waals surface area contributed by atoms with E-state index in [2.05, 4.69) is 11.9 Å². The summed E-state index contributed by atoms with van der Waals surface area (Å²) in [4.78, 5) is 34.1. The fourth-order valence-electron chi connectivity index (χ4n) is 3.24. The van der Waals surface area contributed by atoms with E-state index in [-0.39, 0.29) is 17.4 Å². The third-order valence-corrected chi connectivity index (χ3v) is 5.88. The number of aromatic nitrogens is 1. The molecule has 1 aromatic carbocycles. The molecular formula is C20H24FN3O2S. The van der Waals surface area contributed by atoms with Gasteiger partial charge in [-0.3, -0.25) is 9.59 Å². The number of amides is 2. The van der Waals surface area contributed by atoms with E-state index in [9.17, 15) is 14.0 Å². The molecule has 7 heteroatoms. The summed E-state index contributed by atoms with van der Waals surface area (Å²) in [7, 11) is 0. The molecule has 1 aliphatic heterocycles. The van der Waals surface area contributed by atoms with E-state index in [1.54, 1.807) is 21.9 Å². The Morgan fingerprint density at radius 1 is 1.11 bits per heavy atom. The number of benzene rings is 1. The molecule has 0 spiro atoms. The SMILES string of the molecule is CCCc1nc(C)c(C(=O)N2CCCN(C(=O)c3ccccc3F)CC2)s1. The zero-order chi connectivity index (χ0) is 19.4. The summed E-state index contributed by atoms with van der Waals surface area (Å²) in [5.74, 6) is -0.849. The summed E-state index contributed by atoms with van der Waals surface area (Å²) in [5.41, 5.74) is 0.858. The van der Waals surface area contributed by atoms with Crippen LogP contribution in [-0.4, -0.2) is 52.8 Å². The fourth-order valence-corrected chi connectivity index (χ4v) is 4.38. The van der Waals surface area contributed by atoms with Gasteiger partial charge in [0.2, 0.25) is 0 Å². The number of rotatable bonds is 4. The van der Waals surface area contributed by atoms with Gasteiger partial charge >= 0.3 is 0 Å². The van der Waals surface area contributed by atoms with Crippen LogP contribution in [0.3, 0.4) is 0 Å². The summed E-state index contributed by atoms with van der Waals surface area (Å²) in [6, 6.07) is 6.02. The van der Waals surface area contributed by atoms with Gasteiger partial charge in [0.05, 0.1) is 16.3 Å². The quantitative estimate of drug-likeness (QED) is 0.804. The Morgan fingerprint density at radius 2 is 1.78 bits per heavy atom. The molecule has 0 aliphatic carbocycles. The van der Waals surface area contributed by atoms with Crippen molar-refractivity contribution in [1.29, 1.82) is 0 Å². The van der Waals surface area contributed by atoms with Crippen LogP contribution < -0.4 is 0 Å². The molecule has 0 bridgehead atoms. The van der Waals surface area contributed by atoms with Gasteiger partial charge in [-0.15, -0.1) is 11.3 Å². The lowest BCUT2D eigenvalue weighted by Gasteiger charge is -2.22. The highest BCUT2D eigenvalue weighted by molar-refractivity contribution is 7.13. The van der Waals surface area contributed by atoms with E-state index < -0.39 is 5.82 Å². The number of thiazole rings is 1. The minimum atomic E-state index is -0.511. The number of hydrogen-bond acceptors (Lipinski definition) is 4. The third kappa shape index (κ3) is 4.35. The average Bonchev–Trinajstić information content (AvgIpc) is 2.87. The Kier molecular flexibility index (Phi) is 6.21. The molecule has 2 aromatic rings. The second-order valence-corrected chi connectivity index (χ2v) is 7.77. The molecule has 1 aromatic heterocycles. The lowest BCUT2D eigenvalue weighted by atomic mass is 10.2. The van der Waals surface area contributed by atoms with E-state index in [0.29, 0.717) is 37.5 Å². The van der Waals surface area contributed by atoms with Crippen molar-refractivity contribution in [1.82, 2.24) is 14.8 Å². The van der Waals surface area contributed by atoms with Crippen LogP contribution in [0.25, 0.3) is 0 Å². The van der Waals surface area contributed by atoms with E-state index in [4.69, 9.17) is 0 Å². The molecule has 1 aliphatic rings. The molecule has 1 saturated heterocycles. The fraction of sp³-hybridized carbons (Fsp3) is 0.450. The molecular weight excluding hydrogens is 365 g/mol. The van der Waals surface area contributed by atoms with Gasteiger partial charge in [-0.05, 0) is 38.3 Å². The van der Waals surface area contributed by atoms with Gasteiger partial charge in [0.15, 0.2) is 0 Å². The topological polar surface area (TPSA) is 53.5 Å². The van der Waals surface area contributed by atoms with Crippen LogP contribution in [-0.2, 0) is 6.42 Å². The van der Waals surface area contributed by atoms with Crippen molar-refractivity contribution in [3.05, 3.63) is 51.2 Å². The summed E-state index contributed by atoms with van der Waals surface area (Å²) in [5, 5.41) is 0.990. The molecule has 0 radical (unpaired) electrons. The Hall–Kier alpha value is -2.28. The first-order valence-corrected chi connectivity index (χ1v) is 10.1. The number of carbonyl (C=O) groups is 2. The molecule has 0 atom stereocenters.